The van der Waals surface area contributed by atoms with Gasteiger partial charge in [0.1, 0.15) is 5.75 Å². The minimum Gasteiger partial charge on any atom is -0.496 e. The molecule has 2 rings (SSSR count). The Labute approximate surface area is 129 Å². The van der Waals surface area contributed by atoms with Gasteiger partial charge < -0.3 is 10.1 Å². The molecule has 1 aromatic heterocycles. The van der Waals surface area contributed by atoms with Gasteiger partial charge in [0.05, 0.1) is 24.1 Å². The highest BCUT2D eigenvalue weighted by Crippen LogP contribution is 2.25. The Bertz CT molecular complexity index is 676. The van der Waals surface area contributed by atoms with Gasteiger partial charge in [-0.05, 0) is 50.6 Å². The monoisotopic (exact) mass is 304 g/mol. The SMILES string of the molecule is COc1ccc(Cl)cc1C(=O)Nc1c(C)cc(C)nc1C. The molecule has 0 radical (unpaired) electrons. The average molecular weight is 305 g/mol. The molecule has 0 aliphatic rings. The standard InChI is InChI=1S/C16H17ClN2O2/c1-9-7-10(2)18-11(3)15(9)19-16(20)13-8-12(17)5-6-14(13)21-4/h5-8H,1-4H3,(H,19,20). The molecular weight excluding hydrogens is 288 g/mol. The third-order valence-corrected chi connectivity index (χ3v) is 3.41. The molecule has 4 nitrogen and oxygen atoms in total. The largest absolute Gasteiger partial charge is 0.496 e. The van der Waals surface area contributed by atoms with Gasteiger partial charge in [-0.2, -0.15) is 0 Å². The molecule has 2 aromatic rings. The van der Waals surface area contributed by atoms with Crippen molar-refractivity contribution < 1.29 is 9.53 Å². The van der Waals surface area contributed by atoms with Crippen LogP contribution >= 0.6 is 11.6 Å². The van der Waals surface area contributed by atoms with E-state index in [4.69, 9.17) is 16.3 Å². The molecule has 0 saturated heterocycles. The Kier molecular flexibility index (Phi) is 4.48. The summed E-state index contributed by atoms with van der Waals surface area (Å²) >= 11 is 5.96. The van der Waals surface area contributed by atoms with Crippen LogP contribution in [0, 0.1) is 20.8 Å². The smallest absolute Gasteiger partial charge is 0.259 e. The maximum Gasteiger partial charge on any atom is 0.259 e. The molecule has 0 fully saturated rings. The molecule has 0 aliphatic heterocycles. The number of carbonyl (C=O) groups excluding carboxylic acids is 1. The summed E-state index contributed by atoms with van der Waals surface area (Å²) in [6.07, 6.45) is 0. The van der Waals surface area contributed by atoms with Gasteiger partial charge in [0, 0.05) is 10.7 Å². The van der Waals surface area contributed by atoms with Crippen molar-refractivity contribution in [3.8, 4) is 5.75 Å². The van der Waals surface area contributed by atoms with E-state index < -0.39 is 0 Å². The van der Waals surface area contributed by atoms with Crippen LogP contribution in [-0.2, 0) is 0 Å². The van der Waals surface area contributed by atoms with Crippen LogP contribution < -0.4 is 10.1 Å². The molecule has 1 N–H and O–H groups in total. The number of hydrogen-bond acceptors (Lipinski definition) is 3. The van der Waals surface area contributed by atoms with Crippen molar-refractivity contribution in [1.29, 1.82) is 0 Å². The van der Waals surface area contributed by atoms with E-state index in [0.717, 1.165) is 17.0 Å². The lowest BCUT2D eigenvalue weighted by atomic mass is 10.1. The van der Waals surface area contributed by atoms with Crippen molar-refractivity contribution in [3.63, 3.8) is 0 Å². The third-order valence-electron chi connectivity index (χ3n) is 3.17. The van der Waals surface area contributed by atoms with E-state index >= 15 is 0 Å². The molecular formula is C16H17ClN2O2. The van der Waals surface area contributed by atoms with Gasteiger partial charge in [-0.3, -0.25) is 9.78 Å². The van der Waals surface area contributed by atoms with Gasteiger partial charge in [-0.25, -0.2) is 0 Å². The Morgan fingerprint density at radius 3 is 2.57 bits per heavy atom. The minimum absolute atomic E-state index is 0.272. The molecule has 0 bridgehead atoms. The number of anilines is 1. The Morgan fingerprint density at radius 2 is 1.95 bits per heavy atom. The van der Waals surface area contributed by atoms with Gasteiger partial charge in [-0.15, -0.1) is 0 Å². The van der Waals surface area contributed by atoms with Gasteiger partial charge in [0.15, 0.2) is 0 Å². The zero-order valence-electron chi connectivity index (χ0n) is 12.5. The summed E-state index contributed by atoms with van der Waals surface area (Å²) in [7, 11) is 1.52. The number of aromatic nitrogens is 1. The van der Waals surface area contributed by atoms with Gasteiger partial charge >= 0.3 is 0 Å². The number of rotatable bonds is 3. The number of methoxy groups -OCH3 is 1. The summed E-state index contributed by atoms with van der Waals surface area (Å²) < 4.78 is 5.20. The minimum atomic E-state index is -0.272. The van der Waals surface area contributed by atoms with Crippen LogP contribution in [0.3, 0.4) is 0 Å². The van der Waals surface area contributed by atoms with Crippen molar-refractivity contribution in [1.82, 2.24) is 4.98 Å². The van der Waals surface area contributed by atoms with Crippen LogP contribution in [0.5, 0.6) is 5.75 Å². The first-order valence-corrected chi connectivity index (χ1v) is 6.90. The first kappa shape index (κ1) is 15.3. The number of hydrogen-bond donors (Lipinski definition) is 1. The zero-order chi connectivity index (χ0) is 15.6. The lowest BCUT2D eigenvalue weighted by Crippen LogP contribution is -2.15. The molecule has 1 amide bonds. The average Bonchev–Trinajstić information content (AvgIpc) is 2.42. The van der Waals surface area contributed by atoms with Crippen molar-refractivity contribution >= 4 is 23.2 Å². The van der Waals surface area contributed by atoms with Crippen molar-refractivity contribution in [2.75, 3.05) is 12.4 Å². The van der Waals surface area contributed by atoms with E-state index in [-0.39, 0.29) is 5.91 Å². The number of aryl methyl sites for hydroxylation is 3. The highest BCUT2D eigenvalue weighted by atomic mass is 35.5. The second-order valence-electron chi connectivity index (χ2n) is 4.84. The summed E-state index contributed by atoms with van der Waals surface area (Å²) in [5.41, 5.74) is 3.77. The predicted octanol–water partition coefficient (Wildman–Crippen LogP) is 3.92. The molecule has 0 unspecified atom stereocenters. The summed E-state index contributed by atoms with van der Waals surface area (Å²) in [6, 6.07) is 6.87. The quantitative estimate of drug-likeness (QED) is 0.935. The number of nitrogens with zero attached hydrogens (tertiary/aromatic N) is 1. The number of nitrogens with one attached hydrogen (secondary N) is 1. The van der Waals surface area contributed by atoms with Gasteiger partial charge in [0.2, 0.25) is 0 Å². The second kappa shape index (κ2) is 6.14. The Morgan fingerprint density at radius 1 is 1.24 bits per heavy atom. The number of amides is 1. The lowest BCUT2D eigenvalue weighted by Gasteiger charge is -2.13. The fourth-order valence-corrected chi connectivity index (χ4v) is 2.42. The lowest BCUT2D eigenvalue weighted by molar-refractivity contribution is 0.102. The molecule has 5 heteroatoms. The number of ether oxygens (including phenoxy) is 1. The highest BCUT2D eigenvalue weighted by molar-refractivity contribution is 6.31. The molecule has 110 valence electrons. The Balaban J connectivity index is 2.37. The number of halogens is 1. The van der Waals surface area contributed by atoms with E-state index in [1.54, 1.807) is 18.2 Å². The maximum atomic E-state index is 12.5. The second-order valence-corrected chi connectivity index (χ2v) is 5.28. The van der Waals surface area contributed by atoms with Crippen LogP contribution in [-0.4, -0.2) is 18.0 Å². The van der Waals surface area contributed by atoms with E-state index in [1.165, 1.54) is 7.11 Å². The summed E-state index contributed by atoms with van der Waals surface area (Å²) in [6.45, 7) is 5.73. The van der Waals surface area contributed by atoms with E-state index in [0.29, 0.717) is 22.0 Å². The van der Waals surface area contributed by atoms with Gasteiger partial charge in [0.25, 0.3) is 5.91 Å². The molecule has 0 atom stereocenters. The molecule has 1 heterocycles. The topological polar surface area (TPSA) is 51.2 Å². The van der Waals surface area contributed by atoms with Crippen molar-refractivity contribution in [3.05, 3.63) is 51.8 Å². The van der Waals surface area contributed by atoms with Crippen LogP contribution in [0.4, 0.5) is 5.69 Å². The highest BCUT2D eigenvalue weighted by Gasteiger charge is 2.15. The predicted molar refractivity (Wildman–Crippen MR) is 84.4 cm³/mol. The van der Waals surface area contributed by atoms with Crippen molar-refractivity contribution in [2.45, 2.75) is 20.8 Å². The number of benzene rings is 1. The summed E-state index contributed by atoms with van der Waals surface area (Å²) in [5, 5.41) is 3.37. The zero-order valence-corrected chi connectivity index (χ0v) is 13.2. The van der Waals surface area contributed by atoms with E-state index in [2.05, 4.69) is 10.3 Å². The van der Waals surface area contributed by atoms with Gasteiger partial charge in [-0.1, -0.05) is 11.6 Å². The number of carbonyl (C=O) groups is 1. The van der Waals surface area contributed by atoms with Crippen molar-refractivity contribution in [2.24, 2.45) is 0 Å². The molecule has 21 heavy (non-hydrogen) atoms. The van der Waals surface area contributed by atoms with Crippen LogP contribution in [0.1, 0.15) is 27.3 Å². The summed E-state index contributed by atoms with van der Waals surface area (Å²) in [4.78, 5) is 16.8. The fourth-order valence-electron chi connectivity index (χ4n) is 2.25. The molecule has 0 spiro atoms. The van der Waals surface area contributed by atoms with E-state index in [9.17, 15) is 4.79 Å². The van der Waals surface area contributed by atoms with Crippen LogP contribution in [0.2, 0.25) is 5.02 Å². The molecule has 1 aromatic carbocycles. The van der Waals surface area contributed by atoms with Crippen LogP contribution in [0.25, 0.3) is 0 Å². The molecule has 0 saturated carbocycles. The Hall–Kier alpha value is -2.07. The fraction of sp³-hybridized carbons (Fsp3) is 0.250. The number of pyridine rings is 1. The first-order valence-electron chi connectivity index (χ1n) is 6.52. The third kappa shape index (κ3) is 3.34. The normalized spacial score (nSPS) is 10.3. The molecule has 0 aliphatic carbocycles. The van der Waals surface area contributed by atoms with E-state index in [1.807, 2.05) is 26.8 Å². The maximum absolute atomic E-state index is 12.5. The summed E-state index contributed by atoms with van der Waals surface area (Å²) in [5.74, 6) is 0.207. The first-order chi connectivity index (χ1) is 9.92. The van der Waals surface area contributed by atoms with Crippen LogP contribution in [0.15, 0.2) is 24.3 Å².